The highest BCUT2D eigenvalue weighted by Crippen LogP contribution is 2.25. The Morgan fingerprint density at radius 2 is 1.89 bits per heavy atom. The van der Waals surface area contributed by atoms with E-state index in [4.69, 9.17) is 4.42 Å². The minimum Gasteiger partial charge on any atom is -0.463 e. The predicted molar refractivity (Wildman–Crippen MR) is 105 cm³/mol. The monoisotopic (exact) mass is 375 g/mol. The third kappa shape index (κ3) is 3.32. The number of anilines is 1. The molecule has 0 atom stereocenters. The first-order chi connectivity index (χ1) is 13.5. The molecule has 0 unspecified atom stereocenters. The zero-order valence-electron chi connectivity index (χ0n) is 15.4. The maximum atomic E-state index is 14.0. The van der Waals surface area contributed by atoms with E-state index in [1.807, 2.05) is 32.0 Å². The SMILES string of the molecule is Cc1ccc(-n2nc(-c3ccco3)cc2C(=O)Nc2ccccc2F)c(C)c1. The first kappa shape index (κ1) is 17.7. The first-order valence-electron chi connectivity index (χ1n) is 8.80. The Morgan fingerprint density at radius 3 is 2.61 bits per heavy atom. The van der Waals surface area contributed by atoms with Crippen molar-refractivity contribution in [2.75, 3.05) is 5.32 Å². The van der Waals surface area contributed by atoms with E-state index in [2.05, 4.69) is 10.4 Å². The molecule has 4 aromatic rings. The van der Waals surface area contributed by atoms with Gasteiger partial charge < -0.3 is 9.73 Å². The molecule has 4 rings (SSSR count). The third-order valence-corrected chi connectivity index (χ3v) is 4.42. The molecular formula is C22H18FN3O2. The van der Waals surface area contributed by atoms with Gasteiger partial charge in [0.2, 0.25) is 0 Å². The van der Waals surface area contributed by atoms with E-state index in [-0.39, 0.29) is 11.4 Å². The van der Waals surface area contributed by atoms with Crippen LogP contribution in [0.5, 0.6) is 0 Å². The molecule has 2 aromatic heterocycles. The van der Waals surface area contributed by atoms with E-state index in [9.17, 15) is 9.18 Å². The molecule has 0 fully saturated rings. The summed E-state index contributed by atoms with van der Waals surface area (Å²) >= 11 is 0. The fraction of sp³-hybridized carbons (Fsp3) is 0.0909. The van der Waals surface area contributed by atoms with Crippen molar-refractivity contribution in [1.29, 1.82) is 0 Å². The number of hydrogen-bond donors (Lipinski definition) is 1. The maximum absolute atomic E-state index is 14.0. The van der Waals surface area contributed by atoms with Crippen LogP contribution < -0.4 is 5.32 Å². The van der Waals surface area contributed by atoms with E-state index in [0.717, 1.165) is 16.8 Å². The minimum atomic E-state index is -0.500. The molecule has 0 bridgehead atoms. The fourth-order valence-corrected chi connectivity index (χ4v) is 3.06. The van der Waals surface area contributed by atoms with Gasteiger partial charge in [0.25, 0.3) is 5.91 Å². The number of aryl methyl sites for hydroxylation is 2. The van der Waals surface area contributed by atoms with Crippen LogP contribution in [0.4, 0.5) is 10.1 Å². The lowest BCUT2D eigenvalue weighted by molar-refractivity contribution is 0.101. The Labute approximate surface area is 161 Å². The van der Waals surface area contributed by atoms with Gasteiger partial charge in [-0.2, -0.15) is 5.10 Å². The van der Waals surface area contributed by atoms with Crippen molar-refractivity contribution in [1.82, 2.24) is 9.78 Å². The number of carbonyl (C=O) groups excluding carboxylic acids is 1. The second-order valence-corrected chi connectivity index (χ2v) is 6.53. The molecule has 1 N–H and O–H groups in total. The van der Waals surface area contributed by atoms with E-state index in [1.54, 1.807) is 41.3 Å². The summed E-state index contributed by atoms with van der Waals surface area (Å²) in [4.78, 5) is 13.0. The molecule has 1 amide bonds. The average molecular weight is 375 g/mol. The highest BCUT2D eigenvalue weighted by atomic mass is 19.1. The molecule has 5 nitrogen and oxygen atoms in total. The molecule has 0 spiro atoms. The molecule has 2 heterocycles. The van der Waals surface area contributed by atoms with Crippen LogP contribution in [0.1, 0.15) is 21.6 Å². The standard InChI is InChI=1S/C22H18FN3O2/c1-14-9-10-19(15(2)12-14)26-20(13-18(25-26)21-8-5-11-28-21)22(27)24-17-7-4-3-6-16(17)23/h3-13H,1-2H3,(H,24,27). The number of nitrogens with one attached hydrogen (secondary N) is 1. The van der Waals surface area contributed by atoms with E-state index in [0.29, 0.717) is 11.5 Å². The van der Waals surface area contributed by atoms with Crippen LogP contribution in [-0.2, 0) is 0 Å². The molecule has 0 aliphatic carbocycles. The van der Waals surface area contributed by atoms with Crippen LogP contribution in [0.3, 0.4) is 0 Å². The molecule has 0 radical (unpaired) electrons. The summed E-state index contributed by atoms with van der Waals surface area (Å²) in [6, 6.07) is 17.1. The molecule has 0 saturated carbocycles. The van der Waals surface area contributed by atoms with Crippen LogP contribution in [-0.4, -0.2) is 15.7 Å². The number of benzene rings is 2. The molecule has 6 heteroatoms. The average Bonchev–Trinajstić information content (AvgIpc) is 3.33. The zero-order chi connectivity index (χ0) is 19.7. The van der Waals surface area contributed by atoms with Gasteiger partial charge in [0.05, 0.1) is 17.6 Å². The van der Waals surface area contributed by atoms with E-state index < -0.39 is 11.7 Å². The summed E-state index contributed by atoms with van der Waals surface area (Å²) in [5, 5.41) is 7.19. The van der Waals surface area contributed by atoms with Gasteiger partial charge in [0.1, 0.15) is 17.2 Å². The van der Waals surface area contributed by atoms with Crippen molar-refractivity contribution in [3.05, 3.63) is 89.6 Å². The topological polar surface area (TPSA) is 60.1 Å². The van der Waals surface area contributed by atoms with Gasteiger partial charge in [0, 0.05) is 6.07 Å². The Kier molecular flexibility index (Phi) is 4.53. The van der Waals surface area contributed by atoms with Gasteiger partial charge in [-0.05, 0) is 49.7 Å². The number of rotatable bonds is 4. The third-order valence-electron chi connectivity index (χ3n) is 4.42. The van der Waals surface area contributed by atoms with Crippen LogP contribution in [0, 0.1) is 19.7 Å². The summed E-state index contributed by atoms with van der Waals surface area (Å²) in [7, 11) is 0. The first-order valence-corrected chi connectivity index (χ1v) is 8.80. The number of nitrogens with zero attached hydrogens (tertiary/aromatic N) is 2. The number of aromatic nitrogens is 2. The van der Waals surface area contributed by atoms with Crippen LogP contribution in [0.15, 0.2) is 71.3 Å². The van der Waals surface area contributed by atoms with Gasteiger partial charge in [-0.25, -0.2) is 9.07 Å². The van der Waals surface area contributed by atoms with Gasteiger partial charge in [0.15, 0.2) is 5.76 Å². The fourth-order valence-electron chi connectivity index (χ4n) is 3.06. The molecule has 0 aliphatic heterocycles. The predicted octanol–water partition coefficient (Wildman–Crippen LogP) is 5.14. The summed E-state index contributed by atoms with van der Waals surface area (Å²) in [5.74, 6) is -0.418. The Hall–Kier alpha value is -3.67. The lowest BCUT2D eigenvalue weighted by Crippen LogP contribution is -2.18. The summed E-state index contributed by atoms with van der Waals surface area (Å²) in [6.45, 7) is 3.95. The molecule has 2 aromatic carbocycles. The van der Waals surface area contributed by atoms with Crippen molar-refractivity contribution < 1.29 is 13.6 Å². The van der Waals surface area contributed by atoms with Crippen molar-refractivity contribution in [3.63, 3.8) is 0 Å². The second kappa shape index (κ2) is 7.15. The number of furan rings is 1. The number of para-hydroxylation sites is 1. The summed E-state index contributed by atoms with van der Waals surface area (Å²) in [6.07, 6.45) is 1.55. The summed E-state index contributed by atoms with van der Waals surface area (Å²) in [5.41, 5.74) is 3.75. The molecule has 0 aliphatic rings. The summed E-state index contributed by atoms with van der Waals surface area (Å²) < 4.78 is 21.0. The van der Waals surface area contributed by atoms with Gasteiger partial charge >= 0.3 is 0 Å². The number of halogens is 1. The Bertz CT molecular complexity index is 1150. The smallest absolute Gasteiger partial charge is 0.274 e. The second-order valence-electron chi connectivity index (χ2n) is 6.53. The quantitative estimate of drug-likeness (QED) is 0.537. The zero-order valence-corrected chi connectivity index (χ0v) is 15.4. The van der Waals surface area contributed by atoms with E-state index in [1.165, 1.54) is 12.1 Å². The Balaban J connectivity index is 1.80. The van der Waals surface area contributed by atoms with Crippen molar-refractivity contribution in [3.8, 4) is 17.1 Å². The molecule has 140 valence electrons. The highest BCUT2D eigenvalue weighted by Gasteiger charge is 2.20. The lowest BCUT2D eigenvalue weighted by Gasteiger charge is -2.11. The molecule has 0 saturated heterocycles. The molecular weight excluding hydrogens is 357 g/mol. The minimum absolute atomic E-state index is 0.112. The Morgan fingerprint density at radius 1 is 1.07 bits per heavy atom. The van der Waals surface area contributed by atoms with Gasteiger partial charge in [-0.3, -0.25) is 4.79 Å². The normalized spacial score (nSPS) is 10.8. The largest absolute Gasteiger partial charge is 0.463 e. The van der Waals surface area contributed by atoms with Gasteiger partial charge in [-0.15, -0.1) is 0 Å². The van der Waals surface area contributed by atoms with Crippen LogP contribution in [0.25, 0.3) is 17.1 Å². The van der Waals surface area contributed by atoms with Crippen molar-refractivity contribution in [2.45, 2.75) is 13.8 Å². The van der Waals surface area contributed by atoms with Crippen molar-refractivity contribution >= 4 is 11.6 Å². The van der Waals surface area contributed by atoms with Gasteiger partial charge in [-0.1, -0.05) is 29.8 Å². The maximum Gasteiger partial charge on any atom is 0.274 e. The van der Waals surface area contributed by atoms with Crippen LogP contribution in [0.2, 0.25) is 0 Å². The van der Waals surface area contributed by atoms with Crippen molar-refractivity contribution in [2.24, 2.45) is 0 Å². The number of carbonyl (C=O) groups is 1. The molecule has 28 heavy (non-hydrogen) atoms. The lowest BCUT2D eigenvalue weighted by atomic mass is 10.1. The van der Waals surface area contributed by atoms with Crippen LogP contribution >= 0.6 is 0 Å². The number of amides is 1. The highest BCUT2D eigenvalue weighted by molar-refractivity contribution is 6.04. The number of hydrogen-bond acceptors (Lipinski definition) is 3. The van der Waals surface area contributed by atoms with E-state index >= 15 is 0 Å².